The molecular formula is C27H29ClO11S. The van der Waals surface area contributed by atoms with E-state index in [9.17, 15) is 24.0 Å². The molecule has 1 aromatic carbocycles. The third kappa shape index (κ3) is 8.51. The maximum Gasteiger partial charge on any atom is 0.308 e. The first-order valence-electron chi connectivity index (χ1n) is 12.2. The second-order valence-corrected chi connectivity index (χ2v) is 10.7. The molecule has 0 saturated carbocycles. The van der Waals surface area contributed by atoms with Gasteiger partial charge in [-0.3, -0.25) is 24.0 Å². The maximum atomic E-state index is 12.1. The molecule has 1 saturated heterocycles. The fourth-order valence-corrected chi connectivity index (χ4v) is 5.57. The van der Waals surface area contributed by atoms with Crippen LogP contribution in [0.2, 0.25) is 4.34 Å². The lowest BCUT2D eigenvalue weighted by Gasteiger charge is -2.44. The van der Waals surface area contributed by atoms with Crippen LogP contribution in [0.3, 0.4) is 0 Å². The minimum absolute atomic E-state index is 0.324. The van der Waals surface area contributed by atoms with E-state index >= 15 is 0 Å². The summed E-state index contributed by atoms with van der Waals surface area (Å²) in [5, 5.41) is 0. The number of halogens is 1. The number of carbonyl (C=O) groups is 5. The van der Waals surface area contributed by atoms with Gasteiger partial charge in [-0.25, -0.2) is 0 Å². The standard InChI is InChI=1S/C27H29ClO11S/c1-13(29)34-12-21-23(36-15(3)31)25(37-16(4)32)26(38-17(5)33)24(39-21)22-11-19(27(28)40-22)10-18-6-8-20(9-7-18)35-14(2)30/h6-9,11,21,23-26H,10,12H2,1-5H3/t21-,23-,24+,25+,26+/m1/s1. The van der Waals surface area contributed by atoms with Crippen LogP contribution in [0.5, 0.6) is 5.75 Å². The SMILES string of the molecule is CC(=O)OC[C@H]1O[C@@H](c2cc(Cc3ccc(OC(C)=O)cc3)c(Cl)s2)[C@H](OC(C)=O)[C@@H](OC(C)=O)[C@@H]1OC(C)=O. The van der Waals surface area contributed by atoms with Crippen LogP contribution >= 0.6 is 22.9 Å². The van der Waals surface area contributed by atoms with E-state index in [1.165, 1.54) is 32.1 Å². The first kappa shape index (κ1) is 31.1. The van der Waals surface area contributed by atoms with Gasteiger partial charge in [0, 0.05) is 39.5 Å². The summed E-state index contributed by atoms with van der Waals surface area (Å²) in [6.45, 7) is 5.69. The highest BCUT2D eigenvalue weighted by Crippen LogP contribution is 2.42. The van der Waals surface area contributed by atoms with Crippen molar-refractivity contribution in [2.45, 2.75) is 71.6 Å². The number of benzene rings is 1. The van der Waals surface area contributed by atoms with E-state index in [4.69, 9.17) is 40.0 Å². The van der Waals surface area contributed by atoms with Crippen molar-refractivity contribution in [1.82, 2.24) is 0 Å². The van der Waals surface area contributed by atoms with Gasteiger partial charge in [0.15, 0.2) is 18.3 Å². The van der Waals surface area contributed by atoms with Gasteiger partial charge in [0.05, 0.1) is 4.34 Å². The van der Waals surface area contributed by atoms with E-state index in [1.807, 2.05) is 0 Å². The van der Waals surface area contributed by atoms with Gasteiger partial charge in [0.25, 0.3) is 0 Å². The number of rotatable bonds is 9. The number of ether oxygens (including phenoxy) is 6. The molecule has 2 heterocycles. The number of thiophene rings is 1. The molecule has 40 heavy (non-hydrogen) atoms. The quantitative estimate of drug-likeness (QED) is 0.237. The van der Waals surface area contributed by atoms with Crippen molar-refractivity contribution in [1.29, 1.82) is 0 Å². The summed E-state index contributed by atoms with van der Waals surface area (Å²) in [6, 6.07) is 8.68. The molecule has 1 fully saturated rings. The van der Waals surface area contributed by atoms with Gasteiger partial charge < -0.3 is 28.4 Å². The van der Waals surface area contributed by atoms with Crippen LogP contribution in [0.4, 0.5) is 0 Å². The lowest BCUT2D eigenvalue weighted by atomic mass is 9.93. The molecule has 11 nitrogen and oxygen atoms in total. The van der Waals surface area contributed by atoms with Crippen LogP contribution in [-0.2, 0) is 54.1 Å². The zero-order chi connectivity index (χ0) is 29.6. The molecule has 5 atom stereocenters. The lowest BCUT2D eigenvalue weighted by molar-refractivity contribution is -0.254. The maximum absolute atomic E-state index is 12.1. The molecule has 0 N–H and O–H groups in total. The number of esters is 5. The molecule has 2 aromatic rings. The molecular weight excluding hydrogens is 568 g/mol. The number of hydrogen-bond donors (Lipinski definition) is 0. The van der Waals surface area contributed by atoms with Crippen LogP contribution in [0.15, 0.2) is 30.3 Å². The Morgan fingerprint density at radius 3 is 1.93 bits per heavy atom. The highest BCUT2D eigenvalue weighted by atomic mass is 35.5. The summed E-state index contributed by atoms with van der Waals surface area (Å²) in [6.07, 6.45) is -5.39. The second kappa shape index (κ2) is 13.7. The summed E-state index contributed by atoms with van der Waals surface area (Å²) in [5.74, 6) is -2.73. The predicted molar refractivity (Wildman–Crippen MR) is 141 cm³/mol. The first-order valence-corrected chi connectivity index (χ1v) is 13.4. The van der Waals surface area contributed by atoms with Gasteiger partial charge in [-0.1, -0.05) is 23.7 Å². The molecule has 13 heteroatoms. The Morgan fingerprint density at radius 2 is 1.38 bits per heavy atom. The molecule has 216 valence electrons. The largest absolute Gasteiger partial charge is 0.463 e. The van der Waals surface area contributed by atoms with Gasteiger partial charge >= 0.3 is 29.8 Å². The van der Waals surface area contributed by atoms with Crippen molar-refractivity contribution in [3.05, 3.63) is 50.7 Å². The zero-order valence-corrected chi connectivity index (χ0v) is 24.0. The molecule has 3 rings (SSSR count). The lowest BCUT2D eigenvalue weighted by Crippen LogP contribution is -2.59. The molecule has 0 radical (unpaired) electrons. The minimum atomic E-state index is -1.28. The Labute approximate surface area is 239 Å². The van der Waals surface area contributed by atoms with E-state index in [-0.39, 0.29) is 6.61 Å². The third-order valence-corrected chi connectivity index (χ3v) is 7.13. The van der Waals surface area contributed by atoms with Crippen LogP contribution in [0.25, 0.3) is 0 Å². The minimum Gasteiger partial charge on any atom is -0.463 e. The average molecular weight is 597 g/mol. The van der Waals surface area contributed by atoms with Crippen molar-refractivity contribution >= 4 is 52.8 Å². The van der Waals surface area contributed by atoms with E-state index in [0.717, 1.165) is 25.0 Å². The van der Waals surface area contributed by atoms with Gasteiger partial charge in [-0.05, 0) is 35.7 Å². The summed E-state index contributed by atoms with van der Waals surface area (Å²) >= 11 is 7.76. The average Bonchev–Trinajstić information content (AvgIpc) is 3.20. The Balaban J connectivity index is 1.98. The highest BCUT2D eigenvalue weighted by Gasteiger charge is 2.53. The molecule has 1 aliphatic rings. The normalized spacial score (nSPS) is 22.1. The Kier molecular flexibility index (Phi) is 10.7. The third-order valence-electron chi connectivity index (χ3n) is 5.63. The predicted octanol–water partition coefficient (Wildman–Crippen LogP) is 3.72. The van der Waals surface area contributed by atoms with Crippen molar-refractivity contribution in [3.8, 4) is 5.75 Å². The van der Waals surface area contributed by atoms with Crippen LogP contribution in [0.1, 0.15) is 56.7 Å². The van der Waals surface area contributed by atoms with Crippen LogP contribution < -0.4 is 4.74 Å². The monoisotopic (exact) mass is 596 g/mol. The van der Waals surface area contributed by atoms with Gasteiger partial charge in [0.2, 0.25) is 0 Å². The zero-order valence-electron chi connectivity index (χ0n) is 22.5. The first-order chi connectivity index (χ1) is 18.8. The molecule has 1 aromatic heterocycles. The number of carbonyl (C=O) groups excluding carboxylic acids is 5. The van der Waals surface area contributed by atoms with E-state index in [0.29, 0.717) is 21.4 Å². The van der Waals surface area contributed by atoms with Crippen LogP contribution in [-0.4, -0.2) is 60.9 Å². The Hall–Kier alpha value is -3.48. The molecule has 0 aliphatic carbocycles. The van der Waals surface area contributed by atoms with Crippen LogP contribution in [0, 0.1) is 0 Å². The Morgan fingerprint density at radius 1 is 0.800 bits per heavy atom. The summed E-state index contributed by atoms with van der Waals surface area (Å²) in [4.78, 5) is 59.4. The van der Waals surface area contributed by atoms with E-state index < -0.39 is 60.4 Å². The Bertz CT molecular complexity index is 1260. The summed E-state index contributed by atoms with van der Waals surface area (Å²) < 4.78 is 33.3. The fourth-order valence-electron chi connectivity index (χ4n) is 4.21. The molecule has 0 spiro atoms. The molecule has 0 amide bonds. The van der Waals surface area contributed by atoms with Gasteiger partial charge in [0.1, 0.15) is 24.6 Å². The molecule has 1 aliphatic heterocycles. The smallest absolute Gasteiger partial charge is 0.308 e. The summed E-state index contributed by atoms with van der Waals surface area (Å²) in [5.41, 5.74) is 1.61. The van der Waals surface area contributed by atoms with E-state index in [1.54, 1.807) is 30.3 Å². The van der Waals surface area contributed by atoms with Crippen molar-refractivity contribution in [2.75, 3.05) is 6.61 Å². The van der Waals surface area contributed by atoms with Crippen molar-refractivity contribution in [3.63, 3.8) is 0 Å². The van der Waals surface area contributed by atoms with E-state index in [2.05, 4.69) is 0 Å². The van der Waals surface area contributed by atoms with Gasteiger partial charge in [-0.15, -0.1) is 11.3 Å². The highest BCUT2D eigenvalue weighted by molar-refractivity contribution is 7.16. The van der Waals surface area contributed by atoms with Crippen molar-refractivity contribution in [2.24, 2.45) is 0 Å². The molecule has 0 bridgehead atoms. The van der Waals surface area contributed by atoms with Gasteiger partial charge in [-0.2, -0.15) is 0 Å². The topological polar surface area (TPSA) is 141 Å². The number of hydrogen-bond acceptors (Lipinski definition) is 12. The van der Waals surface area contributed by atoms with Crippen molar-refractivity contribution < 1.29 is 52.4 Å². The second-order valence-electron chi connectivity index (χ2n) is 8.98. The molecule has 0 unspecified atom stereocenters. The fraction of sp³-hybridized carbons (Fsp3) is 0.444. The summed E-state index contributed by atoms with van der Waals surface area (Å²) in [7, 11) is 0.